The molecule has 1 atom stereocenters. The van der Waals surface area contributed by atoms with Crippen LogP contribution in [-0.4, -0.2) is 23.3 Å². The Bertz CT molecular complexity index is 400. The van der Waals surface area contributed by atoms with Gasteiger partial charge in [0.05, 0.1) is 5.02 Å². The van der Waals surface area contributed by atoms with Crippen molar-refractivity contribution in [3.8, 4) is 11.5 Å². The monoisotopic (exact) mass is 241 g/mol. The van der Waals surface area contributed by atoms with E-state index in [1.54, 1.807) is 6.07 Å². The van der Waals surface area contributed by atoms with Gasteiger partial charge in [-0.3, -0.25) is 0 Å². The van der Waals surface area contributed by atoms with Crippen LogP contribution in [0.15, 0.2) is 6.07 Å². The molecule has 3 nitrogen and oxygen atoms in total. The zero-order chi connectivity index (χ0) is 11.7. The lowest BCUT2D eigenvalue weighted by Crippen LogP contribution is -2.28. The number of phenolic OH excluding ortho intramolecular Hbond substituents is 2. The van der Waals surface area contributed by atoms with Crippen LogP contribution in [0.5, 0.6) is 11.5 Å². The molecule has 16 heavy (non-hydrogen) atoms. The fourth-order valence-electron chi connectivity index (χ4n) is 2.36. The van der Waals surface area contributed by atoms with Gasteiger partial charge in [0.1, 0.15) is 0 Å². The summed E-state index contributed by atoms with van der Waals surface area (Å²) >= 11 is 6.10. The number of piperidine rings is 1. The number of hydrogen-bond acceptors (Lipinski definition) is 3. The Morgan fingerprint density at radius 1 is 1.44 bits per heavy atom. The molecule has 4 heteroatoms. The van der Waals surface area contributed by atoms with E-state index in [4.69, 9.17) is 11.6 Å². The molecule has 88 valence electrons. The molecule has 0 aliphatic carbocycles. The van der Waals surface area contributed by atoms with Crippen LogP contribution in [0.4, 0.5) is 0 Å². The van der Waals surface area contributed by atoms with Crippen LogP contribution in [0.3, 0.4) is 0 Å². The van der Waals surface area contributed by atoms with Gasteiger partial charge in [0.2, 0.25) is 0 Å². The molecule has 1 aromatic rings. The predicted molar refractivity (Wildman–Crippen MR) is 64.4 cm³/mol. The van der Waals surface area contributed by atoms with Crippen molar-refractivity contribution in [3.63, 3.8) is 0 Å². The van der Waals surface area contributed by atoms with Crippen molar-refractivity contribution < 1.29 is 10.2 Å². The van der Waals surface area contributed by atoms with Gasteiger partial charge in [-0.25, -0.2) is 0 Å². The first-order valence-electron chi connectivity index (χ1n) is 5.53. The van der Waals surface area contributed by atoms with E-state index in [2.05, 4.69) is 5.32 Å². The lowest BCUT2D eigenvalue weighted by molar-refractivity contribution is 0.400. The van der Waals surface area contributed by atoms with E-state index in [1.807, 2.05) is 6.92 Å². The van der Waals surface area contributed by atoms with Gasteiger partial charge >= 0.3 is 0 Å². The summed E-state index contributed by atoms with van der Waals surface area (Å²) in [5, 5.41) is 22.7. The molecule has 2 rings (SSSR count). The van der Waals surface area contributed by atoms with E-state index in [0.717, 1.165) is 37.1 Å². The highest BCUT2D eigenvalue weighted by molar-refractivity contribution is 6.33. The minimum absolute atomic E-state index is 0.144. The molecule has 3 N–H and O–H groups in total. The van der Waals surface area contributed by atoms with E-state index in [0.29, 0.717) is 10.9 Å². The zero-order valence-electron chi connectivity index (χ0n) is 9.26. The van der Waals surface area contributed by atoms with Gasteiger partial charge in [-0.15, -0.1) is 0 Å². The molecular formula is C12H16ClNO2. The lowest BCUT2D eigenvalue weighted by atomic mass is 9.88. The Morgan fingerprint density at radius 2 is 2.19 bits per heavy atom. The summed E-state index contributed by atoms with van der Waals surface area (Å²) in [6.07, 6.45) is 2.18. The molecule has 0 saturated carbocycles. The fraction of sp³-hybridized carbons (Fsp3) is 0.500. The molecule has 1 saturated heterocycles. The van der Waals surface area contributed by atoms with Crippen molar-refractivity contribution in [2.45, 2.75) is 25.7 Å². The van der Waals surface area contributed by atoms with Gasteiger partial charge in [-0.2, -0.15) is 0 Å². The Kier molecular flexibility index (Phi) is 3.26. The molecule has 0 spiro atoms. The van der Waals surface area contributed by atoms with Gasteiger partial charge in [0, 0.05) is 6.54 Å². The SMILES string of the molecule is Cc1cc(O)c(O)c(Cl)c1C1CCCNC1. The third kappa shape index (κ3) is 1.97. The number of benzene rings is 1. The molecule has 0 radical (unpaired) electrons. The van der Waals surface area contributed by atoms with Crippen molar-refractivity contribution >= 4 is 11.6 Å². The third-order valence-electron chi connectivity index (χ3n) is 3.17. The van der Waals surface area contributed by atoms with Gasteiger partial charge < -0.3 is 15.5 Å². The first kappa shape index (κ1) is 11.6. The van der Waals surface area contributed by atoms with Crippen LogP contribution in [0.2, 0.25) is 5.02 Å². The minimum Gasteiger partial charge on any atom is -0.504 e. The molecule has 0 aromatic heterocycles. The molecular weight excluding hydrogens is 226 g/mol. The summed E-state index contributed by atoms with van der Waals surface area (Å²) in [4.78, 5) is 0. The Balaban J connectivity index is 2.42. The number of aromatic hydroxyl groups is 2. The molecule has 1 heterocycles. The molecule has 0 bridgehead atoms. The van der Waals surface area contributed by atoms with Crippen molar-refractivity contribution in [1.29, 1.82) is 0 Å². The standard InChI is InChI=1S/C12H16ClNO2/c1-7-5-9(15)12(16)11(13)10(7)8-3-2-4-14-6-8/h5,8,14-16H,2-4,6H2,1H3. The molecule has 1 fully saturated rings. The first-order chi connectivity index (χ1) is 7.61. The van der Waals surface area contributed by atoms with Gasteiger partial charge in [0.15, 0.2) is 11.5 Å². The van der Waals surface area contributed by atoms with Crippen LogP contribution >= 0.6 is 11.6 Å². The summed E-state index contributed by atoms with van der Waals surface area (Å²) < 4.78 is 0. The second-order valence-electron chi connectivity index (χ2n) is 4.33. The van der Waals surface area contributed by atoms with Crippen LogP contribution in [0, 0.1) is 6.92 Å². The second kappa shape index (κ2) is 4.52. The predicted octanol–water partition coefficient (Wildman–Crippen LogP) is 2.53. The van der Waals surface area contributed by atoms with Gasteiger partial charge in [0.25, 0.3) is 0 Å². The highest BCUT2D eigenvalue weighted by Crippen LogP contribution is 2.42. The molecule has 0 amide bonds. The average Bonchev–Trinajstić information content (AvgIpc) is 2.28. The minimum atomic E-state index is -0.201. The van der Waals surface area contributed by atoms with Gasteiger partial charge in [-0.05, 0) is 49.4 Å². The average molecular weight is 242 g/mol. The number of rotatable bonds is 1. The smallest absolute Gasteiger partial charge is 0.176 e. The quantitative estimate of drug-likeness (QED) is 0.663. The summed E-state index contributed by atoms with van der Waals surface area (Å²) in [6.45, 7) is 3.83. The topological polar surface area (TPSA) is 52.5 Å². The Morgan fingerprint density at radius 3 is 2.81 bits per heavy atom. The van der Waals surface area contributed by atoms with Crippen LogP contribution < -0.4 is 5.32 Å². The molecule has 1 aliphatic rings. The van der Waals surface area contributed by atoms with Crippen LogP contribution in [-0.2, 0) is 0 Å². The number of halogens is 1. The Labute approximate surface area is 100 Å². The number of nitrogens with one attached hydrogen (secondary N) is 1. The maximum atomic E-state index is 9.64. The summed E-state index contributed by atoms with van der Waals surface area (Å²) in [5.74, 6) is -0.0180. The van der Waals surface area contributed by atoms with E-state index in [9.17, 15) is 10.2 Å². The molecule has 1 aromatic carbocycles. The lowest BCUT2D eigenvalue weighted by Gasteiger charge is -2.26. The van der Waals surface area contributed by atoms with Gasteiger partial charge in [-0.1, -0.05) is 11.6 Å². The molecule has 1 unspecified atom stereocenters. The number of hydrogen-bond donors (Lipinski definition) is 3. The second-order valence-corrected chi connectivity index (χ2v) is 4.71. The highest BCUT2D eigenvalue weighted by atomic mass is 35.5. The number of aryl methyl sites for hydroxylation is 1. The van der Waals surface area contributed by atoms with E-state index in [-0.39, 0.29) is 11.5 Å². The molecule has 1 aliphatic heterocycles. The summed E-state index contributed by atoms with van der Waals surface area (Å²) in [6, 6.07) is 1.57. The maximum absolute atomic E-state index is 9.64. The highest BCUT2D eigenvalue weighted by Gasteiger charge is 2.23. The van der Waals surface area contributed by atoms with E-state index < -0.39 is 0 Å². The van der Waals surface area contributed by atoms with E-state index in [1.165, 1.54) is 0 Å². The normalized spacial score (nSPS) is 21.0. The Hall–Kier alpha value is -0.930. The van der Waals surface area contributed by atoms with Crippen molar-refractivity contribution in [1.82, 2.24) is 5.32 Å². The maximum Gasteiger partial charge on any atom is 0.176 e. The van der Waals surface area contributed by atoms with Crippen molar-refractivity contribution in [3.05, 3.63) is 22.2 Å². The third-order valence-corrected chi connectivity index (χ3v) is 3.55. The fourth-order valence-corrected chi connectivity index (χ4v) is 2.76. The zero-order valence-corrected chi connectivity index (χ0v) is 10.0. The number of phenols is 2. The van der Waals surface area contributed by atoms with Crippen LogP contribution in [0.25, 0.3) is 0 Å². The van der Waals surface area contributed by atoms with Crippen LogP contribution in [0.1, 0.15) is 29.9 Å². The van der Waals surface area contributed by atoms with Crippen molar-refractivity contribution in [2.24, 2.45) is 0 Å². The first-order valence-corrected chi connectivity index (χ1v) is 5.90. The largest absolute Gasteiger partial charge is 0.504 e. The summed E-state index contributed by atoms with van der Waals surface area (Å²) in [5.41, 5.74) is 1.90. The van der Waals surface area contributed by atoms with Crippen molar-refractivity contribution in [2.75, 3.05) is 13.1 Å². The van der Waals surface area contributed by atoms with E-state index >= 15 is 0 Å². The summed E-state index contributed by atoms with van der Waals surface area (Å²) in [7, 11) is 0.